The second-order valence-corrected chi connectivity index (χ2v) is 7.84. The number of hydrogen-bond donors (Lipinski definition) is 1. The lowest BCUT2D eigenvalue weighted by Gasteiger charge is -2.19. The van der Waals surface area contributed by atoms with Crippen LogP contribution in [0.5, 0.6) is 0 Å². The Morgan fingerprint density at radius 3 is 2.15 bits per heavy atom. The van der Waals surface area contributed by atoms with E-state index in [2.05, 4.69) is 0 Å². The van der Waals surface area contributed by atoms with Gasteiger partial charge in [0, 0.05) is 5.56 Å². The highest BCUT2D eigenvalue weighted by molar-refractivity contribution is 7.94. The van der Waals surface area contributed by atoms with Gasteiger partial charge in [-0.3, -0.25) is 9.59 Å². The lowest BCUT2D eigenvalue weighted by Crippen LogP contribution is -2.43. The fourth-order valence-electron chi connectivity index (χ4n) is 1.48. The number of carboxylic acids is 1. The molecule has 1 rings (SSSR count). The molecular formula is C14H18O5S. The number of carboxylic acid groups (broad SMARTS) is 1. The highest BCUT2D eigenvalue weighted by Gasteiger charge is 2.42. The number of ketones is 1. The van der Waals surface area contributed by atoms with E-state index < -0.39 is 32.1 Å². The van der Waals surface area contributed by atoms with E-state index in [0.29, 0.717) is 0 Å². The van der Waals surface area contributed by atoms with Crippen molar-refractivity contribution in [3.63, 3.8) is 0 Å². The monoisotopic (exact) mass is 298 g/mol. The van der Waals surface area contributed by atoms with E-state index in [0.717, 1.165) is 25.0 Å². The first-order chi connectivity index (χ1) is 8.99. The molecule has 0 aliphatic heterocycles. The molecule has 0 unspecified atom stereocenters. The van der Waals surface area contributed by atoms with Crippen LogP contribution in [0.15, 0.2) is 18.2 Å². The van der Waals surface area contributed by atoms with Crippen LogP contribution in [-0.4, -0.2) is 35.8 Å². The number of aryl methyl sites for hydroxylation is 2. The van der Waals surface area contributed by atoms with Gasteiger partial charge in [0.2, 0.25) is 0 Å². The van der Waals surface area contributed by atoms with Crippen LogP contribution in [0.3, 0.4) is 0 Å². The quantitative estimate of drug-likeness (QED) is 0.837. The summed E-state index contributed by atoms with van der Waals surface area (Å²) in [6, 6.07) is 4.90. The molecule has 5 nitrogen and oxygen atoms in total. The molecule has 0 fully saturated rings. The minimum Gasteiger partial charge on any atom is -0.480 e. The molecule has 0 saturated heterocycles. The number of rotatable bonds is 5. The van der Waals surface area contributed by atoms with E-state index in [1.54, 1.807) is 18.2 Å². The van der Waals surface area contributed by atoms with Gasteiger partial charge in [-0.25, -0.2) is 8.42 Å². The largest absolute Gasteiger partial charge is 0.480 e. The van der Waals surface area contributed by atoms with Crippen LogP contribution < -0.4 is 0 Å². The van der Waals surface area contributed by atoms with E-state index in [9.17, 15) is 18.0 Å². The zero-order valence-corrected chi connectivity index (χ0v) is 12.7. The van der Waals surface area contributed by atoms with Gasteiger partial charge in [-0.2, -0.15) is 0 Å². The van der Waals surface area contributed by atoms with Gasteiger partial charge in [-0.05, 0) is 44.9 Å². The van der Waals surface area contributed by atoms with E-state index in [1.807, 2.05) is 13.8 Å². The Hall–Kier alpha value is -1.69. The first kappa shape index (κ1) is 16.4. The van der Waals surface area contributed by atoms with Crippen molar-refractivity contribution < 1.29 is 23.1 Å². The molecule has 1 N–H and O–H groups in total. The Bertz CT molecular complexity index is 656. The second kappa shape index (κ2) is 5.36. The van der Waals surface area contributed by atoms with Crippen LogP contribution >= 0.6 is 0 Å². The molecule has 1 aromatic rings. The molecule has 1 aromatic carbocycles. The second-order valence-electron chi connectivity index (χ2n) is 5.30. The van der Waals surface area contributed by atoms with E-state index >= 15 is 0 Å². The molecule has 0 aromatic heterocycles. The molecule has 0 radical (unpaired) electrons. The SMILES string of the molecule is Cc1ccc(C(=O)CS(=O)(=O)C(C)(C)C(=O)O)cc1C. The summed E-state index contributed by atoms with van der Waals surface area (Å²) in [5.41, 5.74) is 2.15. The number of aliphatic carboxylic acids is 1. The highest BCUT2D eigenvalue weighted by Crippen LogP contribution is 2.19. The van der Waals surface area contributed by atoms with Gasteiger partial charge < -0.3 is 5.11 Å². The van der Waals surface area contributed by atoms with Gasteiger partial charge in [-0.1, -0.05) is 12.1 Å². The maximum Gasteiger partial charge on any atom is 0.324 e. The summed E-state index contributed by atoms with van der Waals surface area (Å²) in [7, 11) is -4.08. The van der Waals surface area contributed by atoms with Crippen molar-refractivity contribution >= 4 is 21.6 Å². The summed E-state index contributed by atoms with van der Waals surface area (Å²) in [4.78, 5) is 23.0. The van der Waals surface area contributed by atoms with Crippen molar-refractivity contribution in [2.75, 3.05) is 5.75 Å². The van der Waals surface area contributed by atoms with Crippen molar-refractivity contribution in [2.45, 2.75) is 32.4 Å². The molecule has 0 spiro atoms. The fraction of sp³-hybridized carbons (Fsp3) is 0.429. The predicted octanol–water partition coefficient (Wildman–Crippen LogP) is 1.76. The van der Waals surface area contributed by atoms with Crippen LogP contribution in [-0.2, 0) is 14.6 Å². The molecular weight excluding hydrogens is 280 g/mol. The zero-order valence-electron chi connectivity index (χ0n) is 11.9. The van der Waals surface area contributed by atoms with Crippen molar-refractivity contribution in [3.8, 4) is 0 Å². The Morgan fingerprint density at radius 1 is 1.15 bits per heavy atom. The molecule has 110 valence electrons. The lowest BCUT2D eigenvalue weighted by atomic mass is 10.0. The highest BCUT2D eigenvalue weighted by atomic mass is 32.2. The Kier molecular flexibility index (Phi) is 4.39. The van der Waals surface area contributed by atoms with Crippen molar-refractivity contribution in [1.82, 2.24) is 0 Å². The summed E-state index contributed by atoms with van der Waals surface area (Å²) >= 11 is 0. The number of carbonyl (C=O) groups excluding carboxylic acids is 1. The Balaban J connectivity index is 3.07. The van der Waals surface area contributed by atoms with Crippen molar-refractivity contribution in [1.29, 1.82) is 0 Å². The molecule has 0 heterocycles. The summed E-state index contributed by atoms with van der Waals surface area (Å²) in [6.07, 6.45) is 0. The summed E-state index contributed by atoms with van der Waals surface area (Å²) in [5.74, 6) is -2.87. The molecule has 20 heavy (non-hydrogen) atoms. The third kappa shape index (κ3) is 3.07. The Morgan fingerprint density at radius 2 is 1.70 bits per heavy atom. The third-order valence-corrected chi connectivity index (χ3v) is 5.81. The standard InChI is InChI=1S/C14H18O5S/c1-9-5-6-11(7-10(9)2)12(15)8-20(18,19)14(3,4)13(16)17/h5-7H,8H2,1-4H3,(H,16,17). The average Bonchev–Trinajstić information content (AvgIpc) is 2.31. The molecule has 0 amide bonds. The summed E-state index contributed by atoms with van der Waals surface area (Å²) < 4.78 is 22.1. The number of hydrogen-bond acceptors (Lipinski definition) is 4. The number of Topliss-reactive ketones (excluding diaryl/α,β-unsaturated/α-hetero) is 1. The maximum atomic E-state index is 12.0. The third-order valence-electron chi connectivity index (χ3n) is 3.44. The van der Waals surface area contributed by atoms with Gasteiger partial charge in [0.25, 0.3) is 0 Å². The van der Waals surface area contributed by atoms with Crippen LogP contribution in [0, 0.1) is 13.8 Å². The van der Waals surface area contributed by atoms with Crippen LogP contribution in [0.4, 0.5) is 0 Å². The number of sulfone groups is 1. The molecule has 0 atom stereocenters. The van der Waals surface area contributed by atoms with E-state index in [-0.39, 0.29) is 5.56 Å². The van der Waals surface area contributed by atoms with Crippen LogP contribution in [0.25, 0.3) is 0 Å². The fourth-order valence-corrected chi connectivity index (χ4v) is 2.62. The number of carbonyl (C=O) groups is 2. The lowest BCUT2D eigenvalue weighted by molar-refractivity contribution is -0.139. The van der Waals surface area contributed by atoms with Gasteiger partial charge in [-0.15, -0.1) is 0 Å². The first-order valence-corrected chi connectivity index (χ1v) is 7.70. The van der Waals surface area contributed by atoms with Gasteiger partial charge in [0.05, 0.1) is 0 Å². The van der Waals surface area contributed by atoms with Gasteiger partial charge in [0.1, 0.15) is 5.75 Å². The molecule has 0 saturated carbocycles. The molecule has 6 heteroatoms. The van der Waals surface area contributed by atoms with E-state index in [1.165, 1.54) is 0 Å². The van der Waals surface area contributed by atoms with Crippen LogP contribution in [0.2, 0.25) is 0 Å². The smallest absolute Gasteiger partial charge is 0.324 e. The zero-order chi connectivity index (χ0) is 15.7. The minimum absolute atomic E-state index is 0.276. The van der Waals surface area contributed by atoms with Crippen molar-refractivity contribution in [3.05, 3.63) is 34.9 Å². The maximum absolute atomic E-state index is 12.0. The molecule has 0 aliphatic carbocycles. The summed E-state index contributed by atoms with van der Waals surface area (Å²) in [5, 5.41) is 8.95. The predicted molar refractivity (Wildman–Crippen MR) is 75.7 cm³/mol. The summed E-state index contributed by atoms with van der Waals surface area (Å²) in [6.45, 7) is 5.87. The first-order valence-electron chi connectivity index (χ1n) is 6.05. The van der Waals surface area contributed by atoms with Gasteiger partial charge in [0.15, 0.2) is 20.4 Å². The number of benzene rings is 1. The van der Waals surface area contributed by atoms with Gasteiger partial charge >= 0.3 is 5.97 Å². The molecule has 0 bridgehead atoms. The Labute approximate surface area is 118 Å². The topological polar surface area (TPSA) is 88.5 Å². The van der Waals surface area contributed by atoms with E-state index in [4.69, 9.17) is 5.11 Å². The van der Waals surface area contributed by atoms with Crippen molar-refractivity contribution in [2.24, 2.45) is 0 Å². The van der Waals surface area contributed by atoms with Crippen LogP contribution in [0.1, 0.15) is 35.3 Å². The normalized spacial score (nSPS) is 12.2. The molecule has 0 aliphatic rings. The minimum atomic E-state index is -4.08. The average molecular weight is 298 g/mol.